The summed E-state index contributed by atoms with van der Waals surface area (Å²) in [6, 6.07) is 7.42. The maximum Gasteiger partial charge on any atom is 0.456 e. The van der Waals surface area contributed by atoms with Crippen molar-refractivity contribution < 1.29 is 28.6 Å². The zero-order valence-electron chi connectivity index (χ0n) is 14.2. The van der Waals surface area contributed by atoms with E-state index < -0.39 is 50.1 Å². The van der Waals surface area contributed by atoms with Crippen LogP contribution in [-0.2, 0) is 13.8 Å². The highest BCUT2D eigenvalue weighted by Crippen LogP contribution is 2.41. The standard InChI is InChI=1S/C15H17BrN3O8P/c16-8-1-3-9(4-2-8)27-28(17,24)25-7-10-12(21)13(22)14(26-10)19-6-5-11(20)18-15(19)23/h1-6,10,12-14,21-22H,7H2,(H2,17,24)(H,18,20,23)/t10-,12-,13-,14-,28?/m1/s1. The molecule has 0 radical (unpaired) electrons. The number of aromatic nitrogens is 2. The normalized spacial score (nSPS) is 26.7. The van der Waals surface area contributed by atoms with E-state index in [9.17, 15) is 24.4 Å². The number of benzene rings is 1. The fourth-order valence-electron chi connectivity index (χ4n) is 2.57. The van der Waals surface area contributed by atoms with Crippen LogP contribution in [0.3, 0.4) is 0 Å². The third kappa shape index (κ3) is 4.78. The maximum absolute atomic E-state index is 12.3. The minimum absolute atomic E-state index is 0.208. The van der Waals surface area contributed by atoms with Gasteiger partial charge in [-0.1, -0.05) is 15.9 Å². The van der Waals surface area contributed by atoms with E-state index in [2.05, 4.69) is 15.9 Å². The van der Waals surface area contributed by atoms with Crippen LogP contribution in [0.4, 0.5) is 0 Å². The summed E-state index contributed by atoms with van der Waals surface area (Å²) in [5.74, 6) is 0.208. The van der Waals surface area contributed by atoms with Crippen LogP contribution in [0.15, 0.2) is 50.6 Å². The van der Waals surface area contributed by atoms with E-state index >= 15 is 0 Å². The molecule has 1 saturated heterocycles. The van der Waals surface area contributed by atoms with Crippen molar-refractivity contribution >= 4 is 23.7 Å². The Labute approximate surface area is 166 Å². The van der Waals surface area contributed by atoms with Gasteiger partial charge in [-0.25, -0.2) is 14.9 Å². The Kier molecular flexibility index (Phi) is 6.20. The average molecular weight is 478 g/mol. The molecule has 2 aromatic rings. The van der Waals surface area contributed by atoms with Crippen LogP contribution in [0.2, 0.25) is 0 Å². The topological polar surface area (TPSA) is 166 Å². The Morgan fingerprint density at radius 2 is 1.89 bits per heavy atom. The lowest BCUT2D eigenvalue weighted by molar-refractivity contribution is -0.0523. The molecule has 1 aliphatic heterocycles. The van der Waals surface area contributed by atoms with Crippen molar-refractivity contribution in [1.29, 1.82) is 0 Å². The van der Waals surface area contributed by atoms with E-state index in [0.29, 0.717) is 0 Å². The molecule has 11 nitrogen and oxygen atoms in total. The second-order valence-electron chi connectivity index (χ2n) is 5.94. The van der Waals surface area contributed by atoms with Crippen LogP contribution in [0.25, 0.3) is 0 Å². The fourth-order valence-corrected chi connectivity index (χ4v) is 3.66. The van der Waals surface area contributed by atoms with Crippen molar-refractivity contribution in [3.05, 3.63) is 61.8 Å². The third-order valence-corrected chi connectivity index (χ3v) is 5.43. The van der Waals surface area contributed by atoms with Gasteiger partial charge < -0.3 is 19.5 Å². The Bertz CT molecular complexity index is 994. The average Bonchev–Trinajstić information content (AvgIpc) is 2.90. The van der Waals surface area contributed by atoms with Crippen molar-refractivity contribution in [2.24, 2.45) is 5.50 Å². The number of aliphatic hydroxyl groups excluding tert-OH is 2. The highest BCUT2D eigenvalue weighted by Gasteiger charge is 2.45. The second-order valence-corrected chi connectivity index (χ2v) is 8.38. The number of nitrogens with two attached hydrogens (primary N) is 1. The van der Waals surface area contributed by atoms with Gasteiger partial charge in [0.1, 0.15) is 24.1 Å². The van der Waals surface area contributed by atoms with E-state index in [1.807, 2.05) is 4.98 Å². The third-order valence-electron chi connectivity index (χ3n) is 3.93. The SMILES string of the molecule is NP(=O)(OC[C@H]1O[C@@H](n2ccc(=O)[nH]c2=O)[C@H](O)[C@@H]1O)Oc1ccc(Br)cc1. The molecule has 1 aromatic carbocycles. The van der Waals surface area contributed by atoms with Crippen LogP contribution < -0.4 is 21.3 Å². The molecule has 28 heavy (non-hydrogen) atoms. The van der Waals surface area contributed by atoms with Gasteiger partial charge in [0, 0.05) is 16.7 Å². The maximum atomic E-state index is 12.3. The molecule has 152 valence electrons. The van der Waals surface area contributed by atoms with E-state index in [1.165, 1.54) is 12.1 Å². The molecule has 3 rings (SSSR count). The van der Waals surface area contributed by atoms with Gasteiger partial charge in [-0.15, -0.1) is 0 Å². The highest BCUT2D eigenvalue weighted by molar-refractivity contribution is 9.10. The van der Waals surface area contributed by atoms with Crippen LogP contribution in [0.1, 0.15) is 6.23 Å². The zero-order valence-corrected chi connectivity index (χ0v) is 16.7. The molecule has 1 aromatic heterocycles. The first-order chi connectivity index (χ1) is 13.2. The number of hydrogen-bond donors (Lipinski definition) is 4. The number of ether oxygens (including phenoxy) is 1. The largest absolute Gasteiger partial charge is 0.456 e. The van der Waals surface area contributed by atoms with Gasteiger partial charge >= 0.3 is 13.4 Å². The summed E-state index contributed by atoms with van der Waals surface area (Å²) in [6.07, 6.45) is -4.27. The second kappa shape index (κ2) is 8.29. The Hall–Kier alpha value is -1.79. The number of H-pyrrole nitrogens is 1. The molecule has 1 fully saturated rings. The molecule has 0 saturated carbocycles. The number of aromatic amines is 1. The van der Waals surface area contributed by atoms with Crippen LogP contribution in [0.5, 0.6) is 5.75 Å². The monoisotopic (exact) mass is 477 g/mol. The summed E-state index contributed by atoms with van der Waals surface area (Å²) in [6.45, 7) is -0.475. The zero-order chi connectivity index (χ0) is 20.5. The van der Waals surface area contributed by atoms with Gasteiger partial charge in [0.2, 0.25) is 0 Å². The van der Waals surface area contributed by atoms with Gasteiger partial charge in [-0.05, 0) is 24.3 Å². The van der Waals surface area contributed by atoms with Crippen LogP contribution in [-0.4, -0.2) is 44.7 Å². The molecule has 5 N–H and O–H groups in total. The minimum Gasteiger partial charge on any atom is -0.413 e. The quantitative estimate of drug-likeness (QED) is 0.421. The van der Waals surface area contributed by atoms with E-state index in [1.54, 1.807) is 12.1 Å². The van der Waals surface area contributed by atoms with Crippen molar-refractivity contribution in [3.63, 3.8) is 0 Å². The van der Waals surface area contributed by atoms with Gasteiger partial charge in [-0.3, -0.25) is 18.9 Å². The number of hydrogen-bond acceptors (Lipinski definition) is 8. The summed E-state index contributed by atoms with van der Waals surface area (Å²) in [7, 11) is -4.04. The number of halogens is 1. The van der Waals surface area contributed by atoms with Crippen molar-refractivity contribution in [1.82, 2.24) is 9.55 Å². The fraction of sp³-hybridized carbons (Fsp3) is 0.333. The van der Waals surface area contributed by atoms with Gasteiger partial charge in [-0.2, -0.15) is 0 Å². The van der Waals surface area contributed by atoms with E-state index in [0.717, 1.165) is 21.3 Å². The molecule has 1 aliphatic rings. The molecule has 0 aliphatic carbocycles. The van der Waals surface area contributed by atoms with E-state index in [4.69, 9.17) is 19.3 Å². The van der Waals surface area contributed by atoms with Crippen molar-refractivity contribution in [2.75, 3.05) is 6.61 Å². The number of nitrogens with zero attached hydrogens (tertiary/aromatic N) is 1. The first kappa shape index (κ1) is 20.9. The molecular weight excluding hydrogens is 461 g/mol. The predicted octanol–water partition coefficient (Wildman–Crippen LogP) is 0.0807. The summed E-state index contributed by atoms with van der Waals surface area (Å²) < 4.78 is 29.6. The summed E-state index contributed by atoms with van der Waals surface area (Å²) in [5, 5.41) is 20.3. The summed E-state index contributed by atoms with van der Waals surface area (Å²) >= 11 is 3.25. The minimum atomic E-state index is -4.04. The Balaban J connectivity index is 1.65. The van der Waals surface area contributed by atoms with Gasteiger partial charge in [0.25, 0.3) is 5.56 Å². The Morgan fingerprint density at radius 3 is 2.54 bits per heavy atom. The van der Waals surface area contributed by atoms with E-state index in [-0.39, 0.29) is 5.75 Å². The highest BCUT2D eigenvalue weighted by atomic mass is 79.9. The number of aliphatic hydroxyl groups is 2. The number of rotatable bonds is 6. The van der Waals surface area contributed by atoms with Gasteiger partial charge in [0.15, 0.2) is 6.23 Å². The lowest BCUT2D eigenvalue weighted by Crippen LogP contribution is -2.37. The van der Waals surface area contributed by atoms with Crippen molar-refractivity contribution in [2.45, 2.75) is 24.5 Å². The molecular formula is C15H17BrN3O8P. The molecule has 1 unspecified atom stereocenters. The molecule has 0 spiro atoms. The van der Waals surface area contributed by atoms with Crippen molar-refractivity contribution in [3.8, 4) is 5.75 Å². The molecule has 0 amide bonds. The summed E-state index contributed by atoms with van der Waals surface area (Å²) in [5.41, 5.74) is 4.09. The Morgan fingerprint density at radius 1 is 1.21 bits per heavy atom. The first-order valence-corrected chi connectivity index (χ1v) is 10.4. The smallest absolute Gasteiger partial charge is 0.413 e. The lowest BCUT2D eigenvalue weighted by Gasteiger charge is -2.19. The predicted molar refractivity (Wildman–Crippen MR) is 99.8 cm³/mol. The van der Waals surface area contributed by atoms with Crippen LogP contribution >= 0.6 is 23.7 Å². The van der Waals surface area contributed by atoms with Crippen LogP contribution in [0, 0.1) is 0 Å². The lowest BCUT2D eigenvalue weighted by atomic mass is 10.1. The first-order valence-electron chi connectivity index (χ1n) is 7.98. The molecule has 2 heterocycles. The number of nitrogens with one attached hydrogen (secondary N) is 1. The van der Waals surface area contributed by atoms with Gasteiger partial charge in [0.05, 0.1) is 6.61 Å². The summed E-state index contributed by atoms with van der Waals surface area (Å²) in [4.78, 5) is 25.0. The molecule has 5 atom stereocenters. The molecule has 13 heteroatoms. The molecule has 0 bridgehead atoms.